The highest BCUT2D eigenvalue weighted by molar-refractivity contribution is 7.86. The van der Waals surface area contributed by atoms with Crippen molar-refractivity contribution in [2.75, 3.05) is 39.1 Å². The second-order valence-electron chi connectivity index (χ2n) is 5.24. The summed E-state index contributed by atoms with van der Waals surface area (Å²) in [4.78, 5) is 6.49. The number of rotatable bonds is 4. The van der Waals surface area contributed by atoms with E-state index in [0.717, 1.165) is 25.2 Å². The van der Waals surface area contributed by atoms with Gasteiger partial charge < -0.3 is 4.90 Å². The smallest absolute Gasteiger partial charge is 0.281 e. The van der Waals surface area contributed by atoms with Gasteiger partial charge in [0.1, 0.15) is 5.82 Å². The molecule has 0 bridgehead atoms. The van der Waals surface area contributed by atoms with Crippen molar-refractivity contribution < 1.29 is 8.42 Å². The molecule has 7 heteroatoms. The van der Waals surface area contributed by atoms with E-state index in [1.54, 1.807) is 27.3 Å². The van der Waals surface area contributed by atoms with Crippen molar-refractivity contribution in [3.05, 3.63) is 24.4 Å². The lowest BCUT2D eigenvalue weighted by Crippen LogP contribution is -2.51. The zero-order chi connectivity index (χ0) is 14.8. The molecule has 0 amide bonds. The van der Waals surface area contributed by atoms with Crippen molar-refractivity contribution in [1.82, 2.24) is 13.6 Å². The Morgan fingerprint density at radius 1 is 1.30 bits per heavy atom. The first-order valence-electron chi connectivity index (χ1n) is 6.74. The van der Waals surface area contributed by atoms with Crippen LogP contribution in [-0.4, -0.2) is 62.3 Å². The molecule has 1 atom stereocenters. The van der Waals surface area contributed by atoms with Crippen LogP contribution >= 0.6 is 0 Å². The predicted octanol–water partition coefficient (Wildman–Crippen LogP) is 0.789. The van der Waals surface area contributed by atoms with Gasteiger partial charge in [-0.25, -0.2) is 4.98 Å². The molecule has 0 N–H and O–H groups in total. The van der Waals surface area contributed by atoms with Crippen molar-refractivity contribution in [3.63, 3.8) is 0 Å². The van der Waals surface area contributed by atoms with Gasteiger partial charge in [-0.1, -0.05) is 6.07 Å². The summed E-state index contributed by atoms with van der Waals surface area (Å²) in [5.41, 5.74) is 0. The molecule has 0 spiro atoms. The molecule has 0 radical (unpaired) electrons. The molecule has 20 heavy (non-hydrogen) atoms. The van der Waals surface area contributed by atoms with E-state index in [9.17, 15) is 8.42 Å². The normalized spacial score (nSPS) is 20.6. The number of likely N-dealkylation sites (N-methyl/N-ethyl adjacent to an activating group) is 1. The number of aromatic nitrogens is 1. The number of anilines is 1. The van der Waals surface area contributed by atoms with Crippen molar-refractivity contribution in [2.45, 2.75) is 18.9 Å². The molecule has 112 valence electrons. The van der Waals surface area contributed by atoms with Gasteiger partial charge >= 0.3 is 0 Å². The summed E-state index contributed by atoms with van der Waals surface area (Å²) >= 11 is 0. The zero-order valence-corrected chi connectivity index (χ0v) is 13.0. The Hall–Kier alpha value is -1.18. The average molecular weight is 298 g/mol. The monoisotopic (exact) mass is 298 g/mol. The molecule has 0 saturated carbocycles. The number of hydrogen-bond donors (Lipinski definition) is 0. The van der Waals surface area contributed by atoms with E-state index in [4.69, 9.17) is 0 Å². The summed E-state index contributed by atoms with van der Waals surface area (Å²) in [6.07, 6.45) is 3.61. The van der Waals surface area contributed by atoms with Crippen LogP contribution in [0.3, 0.4) is 0 Å². The fourth-order valence-electron chi connectivity index (χ4n) is 2.45. The zero-order valence-electron chi connectivity index (χ0n) is 12.2. The summed E-state index contributed by atoms with van der Waals surface area (Å²) in [6.45, 7) is 1.60. The minimum absolute atomic E-state index is 0.0156. The maximum Gasteiger partial charge on any atom is 0.281 e. The standard InChI is InChI=1S/C13H22N4O2S/c1-15(2)20(18,19)16(3)12-7-6-10-17(11-12)13-8-4-5-9-14-13/h4-5,8-9,12H,6-7,10-11H2,1-3H3/t12-/m1/s1. The third-order valence-electron chi connectivity index (χ3n) is 3.71. The van der Waals surface area contributed by atoms with Crippen molar-refractivity contribution in [3.8, 4) is 0 Å². The Morgan fingerprint density at radius 2 is 2.05 bits per heavy atom. The Labute approximate surface area is 121 Å². The van der Waals surface area contributed by atoms with E-state index < -0.39 is 10.2 Å². The minimum atomic E-state index is -3.36. The van der Waals surface area contributed by atoms with Gasteiger partial charge in [0.25, 0.3) is 10.2 Å². The van der Waals surface area contributed by atoms with Gasteiger partial charge in [-0.3, -0.25) is 0 Å². The molecule has 0 aliphatic carbocycles. The highest BCUT2D eigenvalue weighted by Gasteiger charge is 2.31. The largest absolute Gasteiger partial charge is 0.355 e. The molecular weight excluding hydrogens is 276 g/mol. The van der Waals surface area contributed by atoms with Crippen LogP contribution in [0.25, 0.3) is 0 Å². The topological polar surface area (TPSA) is 56.8 Å². The lowest BCUT2D eigenvalue weighted by atomic mass is 10.1. The van der Waals surface area contributed by atoms with Gasteiger partial charge in [0.2, 0.25) is 0 Å². The van der Waals surface area contributed by atoms with Gasteiger partial charge in [-0.15, -0.1) is 0 Å². The van der Waals surface area contributed by atoms with E-state index in [0.29, 0.717) is 6.54 Å². The van der Waals surface area contributed by atoms with Crippen LogP contribution in [0.15, 0.2) is 24.4 Å². The summed E-state index contributed by atoms with van der Waals surface area (Å²) in [6, 6.07) is 5.78. The van der Waals surface area contributed by atoms with Gasteiger partial charge in [0, 0.05) is 46.5 Å². The Kier molecular flexibility index (Phi) is 4.62. The number of nitrogens with zero attached hydrogens (tertiary/aromatic N) is 4. The molecule has 1 aliphatic rings. The fraction of sp³-hybridized carbons (Fsp3) is 0.615. The highest BCUT2D eigenvalue weighted by Crippen LogP contribution is 2.22. The van der Waals surface area contributed by atoms with Crippen LogP contribution in [0.4, 0.5) is 5.82 Å². The molecule has 2 heterocycles. The summed E-state index contributed by atoms with van der Waals surface area (Å²) in [5.74, 6) is 0.910. The molecule has 2 rings (SSSR count). The summed E-state index contributed by atoms with van der Waals surface area (Å²) in [5, 5.41) is 0. The Morgan fingerprint density at radius 3 is 2.65 bits per heavy atom. The molecule has 1 aliphatic heterocycles. The fourth-order valence-corrected chi connectivity index (χ4v) is 3.51. The third-order valence-corrected chi connectivity index (χ3v) is 5.66. The van der Waals surface area contributed by atoms with Crippen LogP contribution in [0.1, 0.15) is 12.8 Å². The molecule has 0 aromatic carbocycles. The first-order valence-corrected chi connectivity index (χ1v) is 8.14. The van der Waals surface area contributed by atoms with Crippen LogP contribution in [0, 0.1) is 0 Å². The predicted molar refractivity (Wildman–Crippen MR) is 79.8 cm³/mol. The second kappa shape index (κ2) is 6.07. The number of piperidine rings is 1. The SMILES string of the molecule is CN(C)S(=O)(=O)N(C)[C@@H]1CCCN(c2ccccn2)C1. The molecule has 6 nitrogen and oxygen atoms in total. The molecule has 1 saturated heterocycles. The summed E-state index contributed by atoms with van der Waals surface area (Å²) in [7, 11) is 1.41. The van der Waals surface area contributed by atoms with Crippen molar-refractivity contribution in [2.24, 2.45) is 0 Å². The molecular formula is C13H22N4O2S. The highest BCUT2D eigenvalue weighted by atomic mass is 32.2. The van der Waals surface area contributed by atoms with Gasteiger partial charge in [0.15, 0.2) is 0 Å². The van der Waals surface area contributed by atoms with Crippen LogP contribution in [0.2, 0.25) is 0 Å². The lowest BCUT2D eigenvalue weighted by Gasteiger charge is -2.38. The van der Waals surface area contributed by atoms with E-state index in [2.05, 4.69) is 9.88 Å². The molecule has 1 aromatic heterocycles. The first kappa shape index (κ1) is 15.2. The van der Waals surface area contributed by atoms with Gasteiger partial charge in [-0.05, 0) is 25.0 Å². The minimum Gasteiger partial charge on any atom is -0.355 e. The van der Waals surface area contributed by atoms with E-state index >= 15 is 0 Å². The molecule has 0 unspecified atom stereocenters. The van der Waals surface area contributed by atoms with Gasteiger partial charge in [0.05, 0.1) is 0 Å². The van der Waals surface area contributed by atoms with Crippen LogP contribution < -0.4 is 4.90 Å². The van der Waals surface area contributed by atoms with E-state index in [-0.39, 0.29) is 6.04 Å². The van der Waals surface area contributed by atoms with Gasteiger partial charge in [-0.2, -0.15) is 17.0 Å². The second-order valence-corrected chi connectivity index (χ2v) is 7.44. The quantitative estimate of drug-likeness (QED) is 0.824. The van der Waals surface area contributed by atoms with E-state index in [1.807, 2.05) is 18.2 Å². The third kappa shape index (κ3) is 3.11. The first-order chi connectivity index (χ1) is 9.43. The van der Waals surface area contributed by atoms with Crippen LogP contribution in [-0.2, 0) is 10.2 Å². The molecule has 1 aromatic rings. The Bertz CT molecular complexity index is 533. The molecule has 1 fully saturated rings. The average Bonchev–Trinajstić information content (AvgIpc) is 2.47. The number of pyridine rings is 1. The number of hydrogen-bond acceptors (Lipinski definition) is 4. The Balaban J connectivity index is 2.12. The summed E-state index contributed by atoms with van der Waals surface area (Å²) < 4.78 is 27.1. The van der Waals surface area contributed by atoms with Crippen molar-refractivity contribution >= 4 is 16.0 Å². The van der Waals surface area contributed by atoms with Crippen LogP contribution in [0.5, 0.6) is 0 Å². The van der Waals surface area contributed by atoms with E-state index in [1.165, 1.54) is 8.61 Å². The maximum atomic E-state index is 12.2. The maximum absolute atomic E-state index is 12.2. The lowest BCUT2D eigenvalue weighted by molar-refractivity contribution is 0.303. The van der Waals surface area contributed by atoms with Crippen molar-refractivity contribution in [1.29, 1.82) is 0 Å².